The predicted molar refractivity (Wildman–Crippen MR) is 85.2 cm³/mol. The van der Waals surface area contributed by atoms with Crippen LogP contribution in [-0.2, 0) is 9.53 Å². The molecule has 4 heteroatoms. The standard InChI is InChI=1S/C18H21NO3/c1-2-22-16(20)13-19-17(14-9-5-3-6-10-14)18(21)15-11-7-4-8-12-15/h3-12,17-19,21H,2,13H2,1H3/t17-,18+/m0/s1/i13+1,16+1,19+1. The maximum Gasteiger partial charge on any atom is 0.319 e. The van der Waals surface area contributed by atoms with E-state index in [1.165, 1.54) is 0 Å². The number of aliphatic hydroxyl groups excluding tert-OH is 1. The number of carbonyl (C=O) groups excluding carboxylic acids is 1. The van der Waals surface area contributed by atoms with Gasteiger partial charge in [0.2, 0.25) is 0 Å². The summed E-state index contributed by atoms with van der Waals surface area (Å²) in [4.78, 5) is 11.6. The van der Waals surface area contributed by atoms with Gasteiger partial charge in [0.25, 0.3) is 0 Å². The maximum absolute atomic E-state index is 11.6. The van der Waals surface area contributed by atoms with Gasteiger partial charge in [0.15, 0.2) is 0 Å². The van der Waals surface area contributed by atoms with Crippen LogP contribution < -0.4 is 5.32 Å². The van der Waals surface area contributed by atoms with E-state index in [9.17, 15) is 9.90 Å². The van der Waals surface area contributed by atoms with Gasteiger partial charge in [-0.2, -0.15) is 0 Å². The number of hydrogen-bond donors (Lipinski definition) is 2. The van der Waals surface area contributed by atoms with Crippen molar-refractivity contribution >= 4 is 5.97 Å². The molecule has 22 heavy (non-hydrogen) atoms. The van der Waals surface area contributed by atoms with E-state index in [-0.39, 0.29) is 18.6 Å². The number of rotatable bonds is 7. The summed E-state index contributed by atoms with van der Waals surface area (Å²) in [6.07, 6.45) is -0.752. The van der Waals surface area contributed by atoms with Crippen LogP contribution >= 0.6 is 0 Å². The fourth-order valence-electron chi connectivity index (χ4n) is 2.32. The number of aliphatic hydroxyl groups is 1. The summed E-state index contributed by atoms with van der Waals surface area (Å²) in [6.45, 7) is 2.17. The molecule has 116 valence electrons. The molecule has 0 unspecified atom stereocenters. The molecule has 0 fully saturated rings. The van der Waals surface area contributed by atoms with E-state index in [2.05, 4.69) is 5.32 Å². The maximum atomic E-state index is 11.6. The summed E-state index contributed by atoms with van der Waals surface area (Å²) >= 11 is 0. The van der Waals surface area contributed by atoms with Gasteiger partial charge in [-0.25, -0.2) is 0 Å². The molecule has 0 radical (unpaired) electrons. The molecule has 0 aliphatic heterocycles. The first-order chi connectivity index (χ1) is 10.7. The Morgan fingerprint density at radius 2 is 1.59 bits per heavy atom. The van der Waals surface area contributed by atoms with Gasteiger partial charge < -0.3 is 9.84 Å². The smallest absolute Gasteiger partial charge is 0.319 e. The minimum Gasteiger partial charge on any atom is -0.465 e. The van der Waals surface area contributed by atoms with Crippen LogP contribution in [0.25, 0.3) is 0 Å². The van der Waals surface area contributed by atoms with Crippen molar-refractivity contribution in [3.05, 3.63) is 71.8 Å². The monoisotopic (exact) mass is 302 g/mol. The van der Waals surface area contributed by atoms with Crippen molar-refractivity contribution in [2.24, 2.45) is 0 Å². The third-order valence-electron chi connectivity index (χ3n) is 3.39. The lowest BCUT2D eigenvalue weighted by molar-refractivity contribution is -0.142. The first kappa shape index (κ1) is 16.2. The average Bonchev–Trinajstić information content (AvgIpc) is 2.57. The van der Waals surface area contributed by atoms with Crippen molar-refractivity contribution in [3.8, 4) is 0 Å². The summed E-state index contributed by atoms with van der Waals surface area (Å²) < 4.78 is 4.93. The van der Waals surface area contributed by atoms with Gasteiger partial charge in [-0.15, -0.1) is 0 Å². The number of esters is 1. The largest absolute Gasteiger partial charge is 0.465 e. The molecule has 0 heterocycles. The molecule has 0 saturated carbocycles. The fourth-order valence-corrected chi connectivity index (χ4v) is 2.32. The van der Waals surface area contributed by atoms with Gasteiger partial charge in [-0.3, -0.25) is 10.1 Å². The van der Waals surface area contributed by atoms with Crippen molar-refractivity contribution in [1.29, 1.82) is 0 Å². The molecule has 2 N–H and O–H groups in total. The zero-order chi connectivity index (χ0) is 15.8. The van der Waals surface area contributed by atoms with E-state index in [4.69, 9.17) is 4.74 Å². The summed E-state index contributed by atoms with van der Waals surface area (Å²) in [5, 5.41) is 13.8. The number of hydrogen-bond acceptors (Lipinski definition) is 4. The Hall–Kier alpha value is -2.17. The Balaban J connectivity index is 2.16. The van der Waals surface area contributed by atoms with Gasteiger partial charge in [-0.05, 0) is 18.1 Å². The second-order valence-corrected chi connectivity index (χ2v) is 4.93. The van der Waals surface area contributed by atoms with Crippen LogP contribution in [0.4, 0.5) is 0 Å². The van der Waals surface area contributed by atoms with Crippen molar-refractivity contribution < 1.29 is 14.6 Å². The highest BCUT2D eigenvalue weighted by molar-refractivity contribution is 5.71. The van der Waals surface area contributed by atoms with Crippen LogP contribution in [0, 0.1) is 0 Å². The second-order valence-electron chi connectivity index (χ2n) is 4.93. The zero-order valence-electron chi connectivity index (χ0n) is 12.6. The Bertz CT molecular complexity index is 571. The lowest BCUT2D eigenvalue weighted by Gasteiger charge is -2.24. The van der Waals surface area contributed by atoms with E-state index < -0.39 is 6.10 Å². The highest BCUT2D eigenvalue weighted by Gasteiger charge is 2.23. The average molecular weight is 302 g/mol. The highest BCUT2D eigenvalue weighted by Crippen LogP contribution is 2.28. The molecule has 2 aromatic rings. The van der Waals surface area contributed by atoms with E-state index in [1.54, 1.807) is 6.92 Å². The molecule has 4 nitrogen and oxygen atoms in total. The molecule has 0 aromatic heterocycles. The Morgan fingerprint density at radius 1 is 1.05 bits per heavy atom. The zero-order valence-corrected chi connectivity index (χ0v) is 12.6. The van der Waals surface area contributed by atoms with E-state index >= 15 is 0 Å². The van der Waals surface area contributed by atoms with Gasteiger partial charge in [0.05, 0.1) is 25.3 Å². The van der Waals surface area contributed by atoms with Gasteiger partial charge in [-0.1, -0.05) is 60.7 Å². The first-order valence-corrected chi connectivity index (χ1v) is 7.39. The molecular weight excluding hydrogens is 281 g/mol. The number of ether oxygens (including phenoxy) is 1. The van der Waals surface area contributed by atoms with Crippen molar-refractivity contribution in [2.45, 2.75) is 19.1 Å². The summed E-state index contributed by atoms with van der Waals surface area (Å²) in [7, 11) is 0. The number of nitrogens with one attached hydrogen (secondary N) is 1. The minimum atomic E-state index is -0.752. The Kier molecular flexibility index (Phi) is 6.13. The van der Waals surface area contributed by atoms with Crippen LogP contribution in [-0.4, -0.2) is 24.2 Å². The molecule has 0 amide bonds. The van der Waals surface area contributed by atoms with Crippen LogP contribution in [0.5, 0.6) is 0 Å². The lowest BCUT2D eigenvalue weighted by atomic mass is 9.97. The second kappa shape index (κ2) is 8.32. The van der Waals surface area contributed by atoms with E-state index in [0.717, 1.165) is 11.1 Å². The number of benzene rings is 2. The van der Waals surface area contributed by atoms with E-state index in [0.29, 0.717) is 6.61 Å². The van der Waals surface area contributed by atoms with Gasteiger partial charge in [0, 0.05) is 0 Å². The molecule has 2 rings (SSSR count). The van der Waals surface area contributed by atoms with E-state index in [1.807, 2.05) is 60.7 Å². The molecule has 0 saturated heterocycles. The Labute approximate surface area is 130 Å². The summed E-state index contributed by atoms with van der Waals surface area (Å²) in [5.41, 5.74) is 1.72. The SMILES string of the molecule is CCO[13C](=O)[13CH2][15NH][C@@H](c1ccccc1)[C@H](O)c1ccccc1. The summed E-state index contributed by atoms with van der Waals surface area (Å²) in [5.74, 6) is -0.330. The lowest BCUT2D eigenvalue weighted by Crippen LogP contribution is -2.32. The minimum absolute atomic E-state index is 0.0529. The topological polar surface area (TPSA) is 58.6 Å². The highest BCUT2D eigenvalue weighted by atomic mass is 16.6. The molecule has 0 aliphatic rings. The predicted octanol–water partition coefficient (Wildman–Crippen LogP) is 2.61. The van der Waals surface area contributed by atoms with Gasteiger partial charge >= 0.3 is 5.97 Å². The summed E-state index contributed by atoms with van der Waals surface area (Å²) in [6, 6.07) is 18.6. The number of carbonyl (C=O) groups is 1. The van der Waals surface area contributed by atoms with Crippen LogP contribution in [0.3, 0.4) is 0 Å². The molecule has 0 spiro atoms. The van der Waals surface area contributed by atoms with Crippen molar-refractivity contribution in [1.82, 2.24) is 5.32 Å². The molecule has 0 bridgehead atoms. The molecular formula is C18H21NO3. The fraction of sp³-hybridized carbons (Fsp3) is 0.278. The van der Waals surface area contributed by atoms with Crippen LogP contribution in [0.1, 0.15) is 30.2 Å². The van der Waals surface area contributed by atoms with Gasteiger partial charge in [0.1, 0.15) is 0 Å². The van der Waals surface area contributed by atoms with Crippen LogP contribution in [0.15, 0.2) is 60.7 Å². The third kappa shape index (κ3) is 4.41. The van der Waals surface area contributed by atoms with Crippen molar-refractivity contribution in [2.75, 3.05) is 13.2 Å². The molecule has 2 aromatic carbocycles. The molecule has 0 aliphatic carbocycles. The normalized spacial score (nSPS) is 13.4. The Morgan fingerprint density at radius 3 is 2.14 bits per heavy atom. The quantitative estimate of drug-likeness (QED) is 0.469. The van der Waals surface area contributed by atoms with Crippen LogP contribution in [0.2, 0.25) is 0 Å². The third-order valence-corrected chi connectivity index (χ3v) is 3.39. The first-order valence-electron chi connectivity index (χ1n) is 7.39. The molecule has 2 atom stereocenters. The van der Waals surface area contributed by atoms with Crippen molar-refractivity contribution in [3.63, 3.8) is 0 Å².